The molecule has 1 aliphatic heterocycles. The van der Waals surface area contributed by atoms with Gasteiger partial charge in [-0.05, 0) is 0 Å². The molecule has 19 heavy (non-hydrogen) atoms. The Bertz CT molecular complexity index is 515. The molecule has 1 amide bonds. The normalized spacial score (nSPS) is 13.3. The fourth-order valence-corrected chi connectivity index (χ4v) is 1.84. The third-order valence-corrected chi connectivity index (χ3v) is 2.78. The van der Waals surface area contributed by atoms with Crippen LogP contribution in [0, 0.1) is 10.1 Å². The Balaban J connectivity index is 2.31. The molecule has 0 radical (unpaired) electrons. The topological polar surface area (TPSA) is 90.7 Å². The molecular formula is C12H14N2O5. The zero-order chi connectivity index (χ0) is 13.8. The van der Waals surface area contributed by atoms with E-state index < -0.39 is 4.92 Å². The van der Waals surface area contributed by atoms with Crippen LogP contribution < -0.4 is 10.1 Å². The van der Waals surface area contributed by atoms with Gasteiger partial charge in [-0.15, -0.1) is 0 Å². The summed E-state index contributed by atoms with van der Waals surface area (Å²) >= 11 is 0. The van der Waals surface area contributed by atoms with Gasteiger partial charge in [0.05, 0.1) is 11.5 Å². The summed E-state index contributed by atoms with van der Waals surface area (Å²) in [6, 6.07) is 2.85. The molecule has 1 aromatic carbocycles. The number of rotatable bonds is 4. The standard InChI is InChI=1S/C12H14N2O5/c1-2-11(15)13-5-8-3-10(14(16)17)4-9-6-18-7-19-12(8)9/h3-4H,2,5-7H2,1H3,(H,13,15). The smallest absolute Gasteiger partial charge is 0.270 e. The van der Waals surface area contributed by atoms with Gasteiger partial charge in [0.1, 0.15) is 5.75 Å². The maximum atomic E-state index is 11.3. The summed E-state index contributed by atoms with van der Waals surface area (Å²) in [5.41, 5.74) is 1.18. The van der Waals surface area contributed by atoms with Crippen molar-refractivity contribution in [1.82, 2.24) is 5.32 Å². The van der Waals surface area contributed by atoms with Crippen molar-refractivity contribution in [2.45, 2.75) is 26.5 Å². The molecule has 102 valence electrons. The quantitative estimate of drug-likeness (QED) is 0.658. The van der Waals surface area contributed by atoms with Crippen LogP contribution in [0.3, 0.4) is 0 Å². The number of carbonyl (C=O) groups excluding carboxylic acids is 1. The lowest BCUT2D eigenvalue weighted by molar-refractivity contribution is -0.385. The first-order valence-corrected chi connectivity index (χ1v) is 5.89. The first kappa shape index (κ1) is 13.3. The Morgan fingerprint density at radius 3 is 3.00 bits per heavy atom. The molecule has 0 unspecified atom stereocenters. The number of nitrogens with zero attached hydrogens (tertiary/aromatic N) is 1. The van der Waals surface area contributed by atoms with Gasteiger partial charge in [-0.25, -0.2) is 0 Å². The molecule has 1 aliphatic rings. The highest BCUT2D eigenvalue weighted by atomic mass is 16.7. The summed E-state index contributed by atoms with van der Waals surface area (Å²) in [7, 11) is 0. The largest absolute Gasteiger partial charge is 0.467 e. The summed E-state index contributed by atoms with van der Waals surface area (Å²) in [6.45, 7) is 2.32. The highest BCUT2D eigenvalue weighted by Crippen LogP contribution is 2.32. The summed E-state index contributed by atoms with van der Waals surface area (Å²) in [5.74, 6) is 0.445. The van der Waals surface area contributed by atoms with E-state index in [2.05, 4.69) is 5.32 Å². The molecule has 0 aromatic heterocycles. The van der Waals surface area contributed by atoms with Crippen molar-refractivity contribution < 1.29 is 19.2 Å². The molecule has 1 N–H and O–H groups in total. The minimum atomic E-state index is -0.472. The molecule has 0 spiro atoms. The number of carbonyl (C=O) groups is 1. The second-order valence-electron chi connectivity index (χ2n) is 4.09. The van der Waals surface area contributed by atoms with Gasteiger partial charge in [-0.1, -0.05) is 6.92 Å². The van der Waals surface area contributed by atoms with Crippen LogP contribution in [0.1, 0.15) is 24.5 Å². The lowest BCUT2D eigenvalue weighted by Crippen LogP contribution is -2.23. The fraction of sp³-hybridized carbons (Fsp3) is 0.417. The third-order valence-electron chi connectivity index (χ3n) is 2.78. The Kier molecular flexibility index (Phi) is 3.96. The van der Waals surface area contributed by atoms with Crippen molar-refractivity contribution in [2.75, 3.05) is 6.79 Å². The van der Waals surface area contributed by atoms with Crippen LogP contribution in [0.25, 0.3) is 0 Å². The van der Waals surface area contributed by atoms with Gasteiger partial charge < -0.3 is 14.8 Å². The monoisotopic (exact) mass is 266 g/mol. The van der Waals surface area contributed by atoms with Crippen LogP contribution in [0.2, 0.25) is 0 Å². The number of nitro benzene ring substituents is 1. The number of amides is 1. The van der Waals surface area contributed by atoms with E-state index in [1.54, 1.807) is 6.92 Å². The highest BCUT2D eigenvalue weighted by Gasteiger charge is 2.20. The minimum Gasteiger partial charge on any atom is -0.467 e. The second kappa shape index (κ2) is 5.66. The fourth-order valence-electron chi connectivity index (χ4n) is 1.84. The van der Waals surface area contributed by atoms with E-state index in [-0.39, 0.29) is 31.5 Å². The number of nitrogens with one attached hydrogen (secondary N) is 1. The van der Waals surface area contributed by atoms with Crippen molar-refractivity contribution in [3.05, 3.63) is 33.4 Å². The summed E-state index contributed by atoms with van der Waals surface area (Å²) in [6.07, 6.45) is 0.362. The SMILES string of the molecule is CCC(=O)NCc1cc([N+](=O)[O-])cc2c1OCOC2. The third kappa shape index (κ3) is 3.00. The van der Waals surface area contributed by atoms with Crippen molar-refractivity contribution in [2.24, 2.45) is 0 Å². The highest BCUT2D eigenvalue weighted by molar-refractivity contribution is 5.75. The number of hydrogen-bond donors (Lipinski definition) is 1. The maximum Gasteiger partial charge on any atom is 0.270 e. The van der Waals surface area contributed by atoms with Crippen LogP contribution in [-0.4, -0.2) is 17.6 Å². The molecule has 2 rings (SSSR count). The molecule has 0 fully saturated rings. The molecular weight excluding hydrogens is 252 g/mol. The number of fused-ring (bicyclic) bond motifs is 1. The van der Waals surface area contributed by atoms with E-state index >= 15 is 0 Å². The number of nitro groups is 1. The van der Waals surface area contributed by atoms with Crippen molar-refractivity contribution in [3.63, 3.8) is 0 Å². The lowest BCUT2D eigenvalue weighted by Gasteiger charge is -2.20. The number of non-ortho nitro benzene ring substituents is 1. The van der Waals surface area contributed by atoms with Crippen LogP contribution in [0.5, 0.6) is 5.75 Å². The zero-order valence-electron chi connectivity index (χ0n) is 10.5. The summed E-state index contributed by atoms with van der Waals surface area (Å²) in [5, 5.41) is 13.6. The first-order valence-electron chi connectivity index (χ1n) is 5.89. The van der Waals surface area contributed by atoms with Gasteiger partial charge in [0, 0.05) is 36.2 Å². The molecule has 0 bridgehead atoms. The zero-order valence-corrected chi connectivity index (χ0v) is 10.5. The lowest BCUT2D eigenvalue weighted by atomic mass is 10.1. The summed E-state index contributed by atoms with van der Waals surface area (Å²) in [4.78, 5) is 21.7. The first-order chi connectivity index (χ1) is 9.11. The predicted octanol–water partition coefficient (Wildman–Crippen LogP) is 1.49. The molecule has 1 heterocycles. The number of ether oxygens (including phenoxy) is 2. The number of hydrogen-bond acceptors (Lipinski definition) is 5. The van der Waals surface area contributed by atoms with E-state index in [4.69, 9.17) is 9.47 Å². The average Bonchev–Trinajstić information content (AvgIpc) is 2.43. The Labute approximate surface area is 109 Å². The molecule has 7 nitrogen and oxygen atoms in total. The molecule has 0 saturated carbocycles. The van der Waals surface area contributed by atoms with Gasteiger partial charge in [0.2, 0.25) is 5.91 Å². The minimum absolute atomic E-state index is 0.0337. The van der Waals surface area contributed by atoms with Gasteiger partial charge >= 0.3 is 0 Å². The van der Waals surface area contributed by atoms with Crippen molar-refractivity contribution >= 4 is 11.6 Å². The Hall–Kier alpha value is -2.15. The average molecular weight is 266 g/mol. The van der Waals surface area contributed by atoms with E-state index in [9.17, 15) is 14.9 Å². The van der Waals surface area contributed by atoms with Crippen LogP contribution >= 0.6 is 0 Å². The summed E-state index contributed by atoms with van der Waals surface area (Å²) < 4.78 is 10.5. The van der Waals surface area contributed by atoms with E-state index in [0.717, 1.165) is 0 Å². The molecule has 0 atom stereocenters. The molecule has 7 heteroatoms. The van der Waals surface area contributed by atoms with Crippen LogP contribution in [-0.2, 0) is 22.7 Å². The van der Waals surface area contributed by atoms with Gasteiger partial charge in [-0.2, -0.15) is 0 Å². The number of benzene rings is 1. The van der Waals surface area contributed by atoms with Gasteiger partial charge in [0.15, 0.2) is 6.79 Å². The predicted molar refractivity (Wildman–Crippen MR) is 65.5 cm³/mol. The second-order valence-corrected chi connectivity index (χ2v) is 4.09. The van der Waals surface area contributed by atoms with E-state index in [1.165, 1.54) is 12.1 Å². The Morgan fingerprint density at radius 1 is 1.53 bits per heavy atom. The van der Waals surface area contributed by atoms with Crippen LogP contribution in [0.15, 0.2) is 12.1 Å². The van der Waals surface area contributed by atoms with Crippen molar-refractivity contribution in [1.29, 1.82) is 0 Å². The maximum absolute atomic E-state index is 11.3. The van der Waals surface area contributed by atoms with Crippen molar-refractivity contribution in [3.8, 4) is 5.75 Å². The van der Waals surface area contributed by atoms with E-state index in [1.807, 2.05) is 0 Å². The van der Waals surface area contributed by atoms with Gasteiger partial charge in [-0.3, -0.25) is 14.9 Å². The molecule has 1 aromatic rings. The van der Waals surface area contributed by atoms with Gasteiger partial charge in [0.25, 0.3) is 5.69 Å². The van der Waals surface area contributed by atoms with Crippen LogP contribution in [0.4, 0.5) is 5.69 Å². The molecule has 0 saturated heterocycles. The van der Waals surface area contributed by atoms with E-state index in [0.29, 0.717) is 23.3 Å². The Morgan fingerprint density at radius 2 is 2.32 bits per heavy atom. The molecule has 0 aliphatic carbocycles.